The lowest BCUT2D eigenvalue weighted by Crippen LogP contribution is -2.36. The molecule has 2 aromatic rings. The third-order valence-electron chi connectivity index (χ3n) is 4.04. The summed E-state index contributed by atoms with van der Waals surface area (Å²) in [5, 5.41) is 0. The number of sulfonamides is 1. The maximum Gasteiger partial charge on any atom is 0.240 e. The summed E-state index contributed by atoms with van der Waals surface area (Å²) >= 11 is 0. The maximum absolute atomic E-state index is 12.2. The van der Waals surface area contributed by atoms with Gasteiger partial charge in [-0.15, -0.1) is 0 Å². The molecule has 1 saturated heterocycles. The summed E-state index contributed by atoms with van der Waals surface area (Å²) in [6.45, 7) is 2.77. The molecule has 0 saturated carbocycles. The third kappa shape index (κ3) is 4.45. The van der Waals surface area contributed by atoms with Crippen LogP contribution in [0.1, 0.15) is 10.4 Å². The highest BCUT2D eigenvalue weighted by Gasteiger charge is 2.16. The summed E-state index contributed by atoms with van der Waals surface area (Å²) in [5.74, 6) is -0.270. The van der Waals surface area contributed by atoms with E-state index < -0.39 is 10.0 Å². The van der Waals surface area contributed by atoms with Gasteiger partial charge in [0.1, 0.15) is 0 Å². The quantitative estimate of drug-likeness (QED) is 0.794. The van der Waals surface area contributed by atoms with Crippen LogP contribution in [0.25, 0.3) is 0 Å². The Hall–Kier alpha value is -2.22. The van der Waals surface area contributed by atoms with E-state index in [1.54, 1.807) is 30.3 Å². The van der Waals surface area contributed by atoms with Crippen LogP contribution in [0.5, 0.6) is 0 Å². The molecule has 1 aliphatic rings. The fourth-order valence-corrected chi connectivity index (χ4v) is 3.63. The van der Waals surface area contributed by atoms with Crippen molar-refractivity contribution < 1.29 is 17.9 Å². The van der Waals surface area contributed by atoms with Gasteiger partial charge >= 0.3 is 0 Å². The van der Waals surface area contributed by atoms with Crippen LogP contribution >= 0.6 is 0 Å². The number of Topliss-reactive ketones (excluding diaryl/α,β-unsaturated/α-hetero) is 1. The van der Waals surface area contributed by atoms with E-state index in [-0.39, 0.29) is 17.2 Å². The van der Waals surface area contributed by atoms with Gasteiger partial charge in [-0.25, -0.2) is 13.1 Å². The van der Waals surface area contributed by atoms with E-state index in [9.17, 15) is 13.2 Å². The number of nitrogens with zero attached hydrogens (tertiary/aromatic N) is 1. The van der Waals surface area contributed by atoms with E-state index in [4.69, 9.17) is 4.74 Å². The second-order valence-corrected chi connectivity index (χ2v) is 7.47. The van der Waals surface area contributed by atoms with Crippen molar-refractivity contribution in [3.63, 3.8) is 0 Å². The first-order valence-corrected chi connectivity index (χ1v) is 9.55. The lowest BCUT2D eigenvalue weighted by molar-refractivity contribution is 0.0997. The normalized spacial score (nSPS) is 15.1. The van der Waals surface area contributed by atoms with E-state index in [1.165, 1.54) is 12.1 Å². The predicted octanol–water partition coefficient (Wildman–Crippen LogP) is 1.68. The average molecular weight is 360 g/mol. The fraction of sp³-hybridized carbons (Fsp3) is 0.278. The van der Waals surface area contributed by atoms with Gasteiger partial charge in [0.05, 0.1) is 24.7 Å². The number of carbonyl (C=O) groups excluding carboxylic acids is 1. The number of anilines is 1. The number of carbonyl (C=O) groups is 1. The first kappa shape index (κ1) is 17.6. The van der Waals surface area contributed by atoms with Crippen LogP contribution in [0.3, 0.4) is 0 Å². The van der Waals surface area contributed by atoms with Gasteiger partial charge in [-0.2, -0.15) is 0 Å². The number of benzene rings is 2. The number of morpholine rings is 1. The highest BCUT2D eigenvalue weighted by atomic mass is 32.2. The molecule has 25 heavy (non-hydrogen) atoms. The van der Waals surface area contributed by atoms with Crippen molar-refractivity contribution in [2.45, 2.75) is 4.90 Å². The SMILES string of the molecule is O=C(CNS(=O)(=O)c1ccccc1)c1ccc(N2CCOCC2)cc1. The molecule has 132 valence electrons. The molecule has 2 aromatic carbocycles. The van der Waals surface area contributed by atoms with Gasteiger partial charge < -0.3 is 9.64 Å². The molecule has 1 N–H and O–H groups in total. The number of nitrogens with one attached hydrogen (secondary N) is 1. The molecule has 1 heterocycles. The van der Waals surface area contributed by atoms with Crippen molar-refractivity contribution in [3.8, 4) is 0 Å². The van der Waals surface area contributed by atoms with Crippen LogP contribution < -0.4 is 9.62 Å². The van der Waals surface area contributed by atoms with Crippen LogP contribution in [0, 0.1) is 0 Å². The summed E-state index contributed by atoms with van der Waals surface area (Å²) in [7, 11) is -3.68. The zero-order chi connectivity index (χ0) is 17.7. The Labute approximate surface area is 147 Å². The Morgan fingerprint density at radius 2 is 1.64 bits per heavy atom. The van der Waals surface area contributed by atoms with E-state index in [1.807, 2.05) is 12.1 Å². The largest absolute Gasteiger partial charge is 0.378 e. The third-order valence-corrected chi connectivity index (χ3v) is 5.46. The van der Waals surface area contributed by atoms with Crippen LogP contribution in [0.15, 0.2) is 59.5 Å². The molecule has 0 bridgehead atoms. The molecule has 0 aliphatic carbocycles. The Kier molecular flexibility index (Phi) is 5.47. The van der Waals surface area contributed by atoms with E-state index in [0.29, 0.717) is 18.8 Å². The minimum absolute atomic E-state index is 0.144. The molecule has 6 nitrogen and oxygen atoms in total. The lowest BCUT2D eigenvalue weighted by Gasteiger charge is -2.28. The van der Waals surface area contributed by atoms with Crippen molar-refractivity contribution in [2.24, 2.45) is 0 Å². The van der Waals surface area contributed by atoms with Gasteiger partial charge in [0, 0.05) is 24.3 Å². The summed E-state index contributed by atoms with van der Waals surface area (Å²) in [6, 6.07) is 15.2. The minimum Gasteiger partial charge on any atom is -0.378 e. The van der Waals surface area contributed by atoms with E-state index >= 15 is 0 Å². The molecule has 1 fully saturated rings. The summed E-state index contributed by atoms with van der Waals surface area (Å²) in [4.78, 5) is 14.6. The van der Waals surface area contributed by atoms with Gasteiger partial charge in [-0.05, 0) is 36.4 Å². The first-order chi connectivity index (χ1) is 12.1. The van der Waals surface area contributed by atoms with Crippen molar-refractivity contribution in [1.82, 2.24) is 4.72 Å². The lowest BCUT2D eigenvalue weighted by atomic mass is 10.1. The Bertz CT molecular complexity index is 814. The van der Waals surface area contributed by atoms with Crippen molar-refractivity contribution in [1.29, 1.82) is 0 Å². The topological polar surface area (TPSA) is 75.7 Å². The smallest absolute Gasteiger partial charge is 0.240 e. The highest BCUT2D eigenvalue weighted by molar-refractivity contribution is 7.89. The Balaban J connectivity index is 1.61. The minimum atomic E-state index is -3.68. The number of hydrogen-bond acceptors (Lipinski definition) is 5. The average Bonchev–Trinajstić information content (AvgIpc) is 2.68. The number of ether oxygens (including phenoxy) is 1. The Morgan fingerprint density at radius 3 is 2.28 bits per heavy atom. The summed E-state index contributed by atoms with van der Waals surface area (Å²) < 4.78 is 32.0. The van der Waals surface area contributed by atoms with Crippen molar-refractivity contribution in [3.05, 3.63) is 60.2 Å². The zero-order valence-electron chi connectivity index (χ0n) is 13.7. The summed E-state index contributed by atoms with van der Waals surface area (Å²) in [5.41, 5.74) is 1.51. The number of hydrogen-bond donors (Lipinski definition) is 1. The molecule has 0 aromatic heterocycles. The van der Waals surface area contributed by atoms with Crippen LogP contribution in [-0.4, -0.2) is 47.0 Å². The monoisotopic (exact) mass is 360 g/mol. The van der Waals surface area contributed by atoms with Gasteiger partial charge in [0.15, 0.2) is 5.78 Å². The second-order valence-electron chi connectivity index (χ2n) is 5.71. The van der Waals surface area contributed by atoms with Crippen molar-refractivity contribution >= 4 is 21.5 Å². The molecular weight excluding hydrogens is 340 g/mol. The van der Waals surface area contributed by atoms with E-state index in [0.717, 1.165) is 18.8 Å². The van der Waals surface area contributed by atoms with Gasteiger partial charge in [0.25, 0.3) is 0 Å². The molecule has 1 aliphatic heterocycles. The van der Waals surface area contributed by atoms with Crippen LogP contribution in [0.4, 0.5) is 5.69 Å². The molecular formula is C18H20N2O4S. The molecule has 0 atom stereocenters. The van der Waals surface area contributed by atoms with Crippen LogP contribution in [0.2, 0.25) is 0 Å². The molecule has 3 rings (SSSR count). The molecule has 0 amide bonds. The van der Waals surface area contributed by atoms with E-state index in [2.05, 4.69) is 9.62 Å². The molecule has 0 spiro atoms. The zero-order valence-corrected chi connectivity index (χ0v) is 14.5. The fourth-order valence-electron chi connectivity index (χ4n) is 2.63. The van der Waals surface area contributed by atoms with Crippen molar-refractivity contribution in [2.75, 3.05) is 37.7 Å². The number of ketones is 1. The number of rotatable bonds is 6. The highest BCUT2D eigenvalue weighted by Crippen LogP contribution is 2.17. The predicted molar refractivity (Wildman–Crippen MR) is 95.4 cm³/mol. The maximum atomic E-state index is 12.2. The molecule has 7 heteroatoms. The standard InChI is InChI=1S/C18H20N2O4S/c21-18(14-19-25(22,23)17-4-2-1-3-5-17)15-6-8-16(9-7-15)20-10-12-24-13-11-20/h1-9,19H,10-14H2. The second kappa shape index (κ2) is 7.77. The summed E-state index contributed by atoms with van der Waals surface area (Å²) in [6.07, 6.45) is 0. The van der Waals surface area contributed by atoms with Gasteiger partial charge in [-0.3, -0.25) is 4.79 Å². The van der Waals surface area contributed by atoms with Gasteiger partial charge in [-0.1, -0.05) is 18.2 Å². The molecule has 0 radical (unpaired) electrons. The van der Waals surface area contributed by atoms with Crippen LogP contribution in [-0.2, 0) is 14.8 Å². The Morgan fingerprint density at radius 1 is 1.00 bits per heavy atom. The molecule has 0 unspecified atom stereocenters. The first-order valence-electron chi connectivity index (χ1n) is 8.07. The van der Waals surface area contributed by atoms with Gasteiger partial charge in [0.2, 0.25) is 10.0 Å².